The fourth-order valence-electron chi connectivity index (χ4n) is 3.21. The maximum Gasteiger partial charge on any atom is 0.246 e. The van der Waals surface area contributed by atoms with Crippen molar-refractivity contribution >= 4 is 12.0 Å². The summed E-state index contributed by atoms with van der Waals surface area (Å²) < 4.78 is 10.9. The zero-order chi connectivity index (χ0) is 19.8. The molecule has 0 unspecified atom stereocenters. The van der Waals surface area contributed by atoms with E-state index in [1.54, 1.807) is 13.2 Å². The van der Waals surface area contributed by atoms with Crippen molar-refractivity contribution in [3.05, 3.63) is 59.9 Å². The molecule has 148 valence electrons. The molecule has 1 aliphatic rings. The topological polar surface area (TPSA) is 54.9 Å². The van der Waals surface area contributed by atoms with Gasteiger partial charge in [0.2, 0.25) is 5.91 Å². The molecule has 0 bridgehead atoms. The summed E-state index contributed by atoms with van der Waals surface area (Å²) in [4.78, 5) is 20.8. The van der Waals surface area contributed by atoms with Crippen molar-refractivity contribution < 1.29 is 14.3 Å². The van der Waals surface area contributed by atoms with E-state index in [1.807, 2.05) is 60.6 Å². The maximum absolute atomic E-state index is 12.5. The molecule has 1 amide bonds. The standard InChI is InChI=1S/C22H27N3O3/c1-3-28-20-6-4-18(16-21(20)27-2)5-7-22(26)25-14-12-24(13-15-25)17-19-8-10-23-11-9-19/h4-11,16H,3,12-15,17H2,1-2H3/b7-5+. The Morgan fingerprint density at radius 3 is 2.54 bits per heavy atom. The first-order valence-electron chi connectivity index (χ1n) is 9.58. The average molecular weight is 381 g/mol. The first-order valence-corrected chi connectivity index (χ1v) is 9.58. The van der Waals surface area contributed by atoms with Gasteiger partial charge in [-0.1, -0.05) is 6.07 Å². The molecule has 0 aliphatic carbocycles. The van der Waals surface area contributed by atoms with Crippen LogP contribution in [0.4, 0.5) is 0 Å². The van der Waals surface area contributed by atoms with Crippen LogP contribution in [0.15, 0.2) is 48.8 Å². The fourth-order valence-corrected chi connectivity index (χ4v) is 3.21. The van der Waals surface area contributed by atoms with Crippen LogP contribution in [-0.4, -0.2) is 60.6 Å². The third-order valence-electron chi connectivity index (χ3n) is 4.75. The van der Waals surface area contributed by atoms with Gasteiger partial charge < -0.3 is 14.4 Å². The summed E-state index contributed by atoms with van der Waals surface area (Å²) in [6.45, 7) is 6.63. The second-order valence-electron chi connectivity index (χ2n) is 6.63. The normalized spacial score (nSPS) is 15.0. The van der Waals surface area contributed by atoms with Crippen molar-refractivity contribution in [3.63, 3.8) is 0 Å². The van der Waals surface area contributed by atoms with Crippen LogP contribution in [0.3, 0.4) is 0 Å². The average Bonchev–Trinajstić information content (AvgIpc) is 2.74. The van der Waals surface area contributed by atoms with Crippen molar-refractivity contribution in [2.75, 3.05) is 39.9 Å². The molecule has 0 spiro atoms. The SMILES string of the molecule is CCOc1ccc(/C=C/C(=O)N2CCN(Cc3ccncc3)CC2)cc1OC. The summed E-state index contributed by atoms with van der Waals surface area (Å²) in [6, 6.07) is 9.73. The Morgan fingerprint density at radius 2 is 1.86 bits per heavy atom. The van der Waals surface area contributed by atoms with Crippen LogP contribution in [0.25, 0.3) is 6.08 Å². The van der Waals surface area contributed by atoms with Gasteiger partial charge in [-0.05, 0) is 48.4 Å². The van der Waals surface area contributed by atoms with E-state index < -0.39 is 0 Å². The molecule has 1 saturated heterocycles. The van der Waals surface area contributed by atoms with Gasteiger partial charge in [-0.25, -0.2) is 0 Å². The van der Waals surface area contributed by atoms with Gasteiger partial charge in [0.25, 0.3) is 0 Å². The Bertz CT molecular complexity index is 800. The predicted octanol–water partition coefficient (Wildman–Crippen LogP) is 2.85. The largest absolute Gasteiger partial charge is 0.493 e. The van der Waals surface area contributed by atoms with Gasteiger partial charge in [0.05, 0.1) is 13.7 Å². The summed E-state index contributed by atoms with van der Waals surface area (Å²) in [5.74, 6) is 1.41. The highest BCUT2D eigenvalue weighted by atomic mass is 16.5. The second kappa shape index (κ2) is 9.90. The summed E-state index contributed by atoms with van der Waals surface area (Å²) in [5.41, 5.74) is 2.16. The number of aromatic nitrogens is 1. The Balaban J connectivity index is 1.52. The molecule has 0 radical (unpaired) electrons. The third-order valence-corrected chi connectivity index (χ3v) is 4.75. The molecule has 6 heteroatoms. The number of carbonyl (C=O) groups is 1. The van der Waals surface area contributed by atoms with Crippen molar-refractivity contribution in [1.82, 2.24) is 14.8 Å². The van der Waals surface area contributed by atoms with E-state index in [9.17, 15) is 4.79 Å². The van der Waals surface area contributed by atoms with E-state index in [-0.39, 0.29) is 5.91 Å². The van der Waals surface area contributed by atoms with Crippen LogP contribution >= 0.6 is 0 Å². The van der Waals surface area contributed by atoms with Gasteiger partial charge in [0.15, 0.2) is 11.5 Å². The smallest absolute Gasteiger partial charge is 0.246 e. The Kier molecular flexibility index (Phi) is 7.03. The molecule has 6 nitrogen and oxygen atoms in total. The monoisotopic (exact) mass is 381 g/mol. The minimum Gasteiger partial charge on any atom is -0.493 e. The molecule has 1 aliphatic heterocycles. The number of ether oxygens (including phenoxy) is 2. The number of methoxy groups -OCH3 is 1. The van der Waals surface area contributed by atoms with Crippen LogP contribution in [0.1, 0.15) is 18.1 Å². The molecule has 0 atom stereocenters. The fraction of sp³-hybridized carbons (Fsp3) is 0.364. The zero-order valence-corrected chi connectivity index (χ0v) is 16.5. The van der Waals surface area contributed by atoms with Gasteiger partial charge in [0, 0.05) is 51.2 Å². The molecular formula is C22H27N3O3. The summed E-state index contributed by atoms with van der Waals surface area (Å²) in [6.07, 6.45) is 7.09. The van der Waals surface area contributed by atoms with Gasteiger partial charge in [0.1, 0.15) is 0 Å². The van der Waals surface area contributed by atoms with E-state index in [0.717, 1.165) is 38.3 Å². The van der Waals surface area contributed by atoms with Crippen molar-refractivity contribution in [3.8, 4) is 11.5 Å². The maximum atomic E-state index is 12.5. The van der Waals surface area contributed by atoms with E-state index in [2.05, 4.69) is 9.88 Å². The minimum atomic E-state index is 0.0383. The summed E-state index contributed by atoms with van der Waals surface area (Å²) in [5, 5.41) is 0. The number of pyridine rings is 1. The minimum absolute atomic E-state index is 0.0383. The molecule has 2 aromatic rings. The lowest BCUT2D eigenvalue weighted by molar-refractivity contribution is -0.127. The van der Waals surface area contributed by atoms with Crippen molar-refractivity contribution in [2.24, 2.45) is 0 Å². The van der Waals surface area contributed by atoms with Gasteiger partial charge in [-0.3, -0.25) is 14.7 Å². The number of carbonyl (C=O) groups excluding carboxylic acids is 1. The van der Waals surface area contributed by atoms with Crippen LogP contribution in [0, 0.1) is 0 Å². The highest BCUT2D eigenvalue weighted by molar-refractivity contribution is 5.92. The lowest BCUT2D eigenvalue weighted by atomic mass is 10.1. The highest BCUT2D eigenvalue weighted by Gasteiger charge is 2.19. The van der Waals surface area contributed by atoms with Crippen LogP contribution < -0.4 is 9.47 Å². The Morgan fingerprint density at radius 1 is 1.11 bits per heavy atom. The summed E-state index contributed by atoms with van der Waals surface area (Å²) >= 11 is 0. The van der Waals surface area contributed by atoms with Crippen LogP contribution in [-0.2, 0) is 11.3 Å². The van der Waals surface area contributed by atoms with Crippen molar-refractivity contribution in [2.45, 2.75) is 13.5 Å². The molecule has 2 heterocycles. The first kappa shape index (κ1) is 19.9. The number of piperazine rings is 1. The molecule has 1 fully saturated rings. The quantitative estimate of drug-likeness (QED) is 0.691. The number of amides is 1. The van der Waals surface area contributed by atoms with Gasteiger partial charge in [-0.15, -0.1) is 0 Å². The van der Waals surface area contributed by atoms with Crippen LogP contribution in [0.2, 0.25) is 0 Å². The lowest BCUT2D eigenvalue weighted by Crippen LogP contribution is -2.47. The van der Waals surface area contributed by atoms with E-state index in [0.29, 0.717) is 18.1 Å². The van der Waals surface area contributed by atoms with Gasteiger partial charge in [-0.2, -0.15) is 0 Å². The van der Waals surface area contributed by atoms with E-state index in [1.165, 1.54) is 5.56 Å². The second-order valence-corrected chi connectivity index (χ2v) is 6.63. The number of hydrogen-bond donors (Lipinski definition) is 0. The molecular weight excluding hydrogens is 354 g/mol. The number of nitrogens with zero attached hydrogens (tertiary/aromatic N) is 3. The number of hydrogen-bond acceptors (Lipinski definition) is 5. The molecule has 0 saturated carbocycles. The highest BCUT2D eigenvalue weighted by Crippen LogP contribution is 2.28. The number of rotatable bonds is 7. The molecule has 28 heavy (non-hydrogen) atoms. The summed E-state index contributed by atoms with van der Waals surface area (Å²) in [7, 11) is 1.61. The zero-order valence-electron chi connectivity index (χ0n) is 16.5. The molecule has 1 aromatic heterocycles. The van der Waals surface area contributed by atoms with Crippen LogP contribution in [0.5, 0.6) is 11.5 Å². The van der Waals surface area contributed by atoms with Crippen molar-refractivity contribution in [1.29, 1.82) is 0 Å². The lowest BCUT2D eigenvalue weighted by Gasteiger charge is -2.34. The molecule has 3 rings (SSSR count). The van der Waals surface area contributed by atoms with E-state index in [4.69, 9.17) is 9.47 Å². The predicted molar refractivity (Wildman–Crippen MR) is 109 cm³/mol. The molecule has 0 N–H and O–H groups in total. The van der Waals surface area contributed by atoms with Gasteiger partial charge >= 0.3 is 0 Å². The Labute approximate surface area is 166 Å². The third kappa shape index (κ3) is 5.33. The number of benzene rings is 1. The Hall–Kier alpha value is -2.86. The first-order chi connectivity index (χ1) is 13.7. The molecule has 1 aromatic carbocycles. The van der Waals surface area contributed by atoms with E-state index >= 15 is 0 Å².